The number of carbonyl (C=O) groups is 1. The molecule has 150 valence electrons. The Balaban J connectivity index is 1.32. The van der Waals surface area contributed by atoms with Gasteiger partial charge in [-0.2, -0.15) is 0 Å². The second-order valence-corrected chi connectivity index (χ2v) is 7.37. The molecule has 0 unspecified atom stereocenters. The highest BCUT2D eigenvalue weighted by Crippen LogP contribution is 2.24. The summed E-state index contributed by atoms with van der Waals surface area (Å²) >= 11 is 0. The van der Waals surface area contributed by atoms with Crippen LogP contribution in [0.1, 0.15) is 18.5 Å². The number of nitrogens with zero attached hydrogens (tertiary/aromatic N) is 1. The van der Waals surface area contributed by atoms with Gasteiger partial charge in [-0.1, -0.05) is 42.5 Å². The van der Waals surface area contributed by atoms with Gasteiger partial charge in [0.25, 0.3) is 0 Å². The lowest BCUT2D eigenvalue weighted by atomic mass is 10.00. The van der Waals surface area contributed by atoms with E-state index in [-0.39, 0.29) is 18.5 Å². The number of hydrogen-bond acceptors (Lipinski definition) is 4. The Morgan fingerprint density at radius 1 is 1.00 bits per heavy atom. The second-order valence-electron chi connectivity index (χ2n) is 7.37. The van der Waals surface area contributed by atoms with Crippen LogP contribution in [-0.4, -0.2) is 38.8 Å². The number of anilines is 2. The molecule has 1 aliphatic heterocycles. The number of benzene rings is 3. The fourth-order valence-electron chi connectivity index (χ4n) is 3.77. The van der Waals surface area contributed by atoms with Gasteiger partial charge in [-0.05, 0) is 47.5 Å². The van der Waals surface area contributed by atoms with E-state index in [0.717, 1.165) is 37.7 Å². The van der Waals surface area contributed by atoms with E-state index in [4.69, 9.17) is 4.74 Å². The van der Waals surface area contributed by atoms with E-state index >= 15 is 0 Å². The first-order valence-electron chi connectivity index (χ1n) is 10.1. The van der Waals surface area contributed by atoms with Crippen molar-refractivity contribution in [2.24, 2.45) is 0 Å². The highest BCUT2D eigenvalue weighted by atomic mass is 16.5. The SMILES string of the molecule is C[C@@H](NCC(=O)Nc1ccc(N2CCOCC2)cc1)c1cccc2ccccc12. The minimum Gasteiger partial charge on any atom is -0.378 e. The molecule has 2 N–H and O–H groups in total. The number of nitrogens with one attached hydrogen (secondary N) is 2. The average molecular weight is 389 g/mol. The Morgan fingerprint density at radius 2 is 1.72 bits per heavy atom. The summed E-state index contributed by atoms with van der Waals surface area (Å²) in [4.78, 5) is 14.7. The summed E-state index contributed by atoms with van der Waals surface area (Å²) in [7, 11) is 0. The van der Waals surface area contributed by atoms with Crippen molar-refractivity contribution < 1.29 is 9.53 Å². The zero-order chi connectivity index (χ0) is 20.1. The minimum atomic E-state index is -0.0452. The van der Waals surface area contributed by atoms with Crippen molar-refractivity contribution in [3.8, 4) is 0 Å². The summed E-state index contributed by atoms with van der Waals surface area (Å²) in [6.07, 6.45) is 0. The van der Waals surface area contributed by atoms with Crippen molar-refractivity contribution >= 4 is 28.1 Å². The molecule has 1 fully saturated rings. The van der Waals surface area contributed by atoms with Gasteiger partial charge in [-0.25, -0.2) is 0 Å². The molecule has 1 saturated heterocycles. The first-order valence-corrected chi connectivity index (χ1v) is 10.1. The van der Waals surface area contributed by atoms with Crippen molar-refractivity contribution in [3.05, 3.63) is 72.3 Å². The fraction of sp³-hybridized carbons (Fsp3) is 0.292. The molecule has 3 aromatic rings. The molecule has 0 bridgehead atoms. The molecule has 1 atom stereocenters. The quantitative estimate of drug-likeness (QED) is 0.670. The molecule has 4 rings (SSSR count). The van der Waals surface area contributed by atoms with Crippen LogP contribution in [0.5, 0.6) is 0 Å². The molecule has 0 aromatic heterocycles. The number of rotatable bonds is 6. The molecule has 5 heteroatoms. The van der Waals surface area contributed by atoms with E-state index in [1.165, 1.54) is 16.3 Å². The van der Waals surface area contributed by atoms with Crippen LogP contribution >= 0.6 is 0 Å². The van der Waals surface area contributed by atoms with Crippen LogP contribution in [-0.2, 0) is 9.53 Å². The number of carbonyl (C=O) groups excluding carboxylic acids is 1. The lowest BCUT2D eigenvalue weighted by molar-refractivity contribution is -0.115. The molecule has 0 radical (unpaired) electrons. The van der Waals surface area contributed by atoms with Gasteiger partial charge in [-0.3, -0.25) is 4.79 Å². The number of hydrogen-bond donors (Lipinski definition) is 2. The van der Waals surface area contributed by atoms with Crippen LogP contribution < -0.4 is 15.5 Å². The highest BCUT2D eigenvalue weighted by Gasteiger charge is 2.12. The van der Waals surface area contributed by atoms with E-state index in [2.05, 4.69) is 52.8 Å². The van der Waals surface area contributed by atoms with E-state index in [9.17, 15) is 4.79 Å². The predicted molar refractivity (Wildman–Crippen MR) is 118 cm³/mol. The molecule has 0 aliphatic carbocycles. The largest absolute Gasteiger partial charge is 0.378 e. The number of ether oxygens (including phenoxy) is 1. The van der Waals surface area contributed by atoms with Gasteiger partial charge in [0.05, 0.1) is 19.8 Å². The Morgan fingerprint density at radius 3 is 2.52 bits per heavy atom. The number of fused-ring (bicyclic) bond motifs is 1. The van der Waals surface area contributed by atoms with E-state index < -0.39 is 0 Å². The van der Waals surface area contributed by atoms with Gasteiger partial charge in [0.1, 0.15) is 0 Å². The lowest BCUT2D eigenvalue weighted by Gasteiger charge is -2.28. The van der Waals surface area contributed by atoms with E-state index in [0.29, 0.717) is 0 Å². The Bertz CT molecular complexity index is 960. The molecule has 1 amide bonds. The number of morpholine rings is 1. The fourth-order valence-corrected chi connectivity index (χ4v) is 3.77. The molecule has 29 heavy (non-hydrogen) atoms. The molecular weight excluding hydrogens is 362 g/mol. The van der Waals surface area contributed by atoms with Crippen molar-refractivity contribution in [2.45, 2.75) is 13.0 Å². The van der Waals surface area contributed by atoms with Crippen molar-refractivity contribution in [2.75, 3.05) is 43.1 Å². The Hall–Kier alpha value is -2.89. The summed E-state index contributed by atoms with van der Waals surface area (Å²) in [5.41, 5.74) is 3.17. The monoisotopic (exact) mass is 389 g/mol. The van der Waals surface area contributed by atoms with E-state index in [1.54, 1.807) is 0 Å². The molecular formula is C24H27N3O2. The molecule has 3 aromatic carbocycles. The first kappa shape index (κ1) is 19.4. The molecule has 0 spiro atoms. The standard InChI is InChI=1S/C24H27N3O2/c1-18(22-8-4-6-19-5-2-3-7-23(19)22)25-17-24(28)26-20-9-11-21(12-10-20)27-13-15-29-16-14-27/h2-12,18,25H,13-17H2,1H3,(H,26,28)/t18-/m1/s1. The summed E-state index contributed by atoms with van der Waals surface area (Å²) < 4.78 is 5.39. The van der Waals surface area contributed by atoms with Gasteiger partial charge >= 0.3 is 0 Å². The summed E-state index contributed by atoms with van der Waals surface area (Å²) in [6.45, 7) is 5.68. The maximum Gasteiger partial charge on any atom is 0.238 e. The van der Waals surface area contributed by atoms with Crippen molar-refractivity contribution in [1.82, 2.24) is 5.32 Å². The third kappa shape index (κ3) is 4.75. The maximum atomic E-state index is 12.4. The smallest absolute Gasteiger partial charge is 0.238 e. The molecule has 5 nitrogen and oxygen atoms in total. The van der Waals surface area contributed by atoms with Crippen LogP contribution in [0, 0.1) is 0 Å². The number of amides is 1. The average Bonchev–Trinajstić information content (AvgIpc) is 2.78. The van der Waals surface area contributed by atoms with Crippen LogP contribution in [0.25, 0.3) is 10.8 Å². The molecule has 1 heterocycles. The van der Waals surface area contributed by atoms with Gasteiger partial charge in [-0.15, -0.1) is 0 Å². The normalized spacial score (nSPS) is 15.3. The third-order valence-electron chi connectivity index (χ3n) is 5.39. The van der Waals surface area contributed by atoms with Crippen LogP contribution in [0.15, 0.2) is 66.7 Å². The van der Waals surface area contributed by atoms with Gasteiger partial charge in [0, 0.05) is 30.5 Å². The van der Waals surface area contributed by atoms with Crippen molar-refractivity contribution in [1.29, 1.82) is 0 Å². The summed E-state index contributed by atoms with van der Waals surface area (Å²) in [5.74, 6) is -0.0452. The Labute approximate surface area is 171 Å². The third-order valence-corrected chi connectivity index (χ3v) is 5.39. The van der Waals surface area contributed by atoms with Gasteiger partial charge in [0.2, 0.25) is 5.91 Å². The van der Waals surface area contributed by atoms with Crippen molar-refractivity contribution in [3.63, 3.8) is 0 Å². The molecule has 0 saturated carbocycles. The summed E-state index contributed by atoms with van der Waals surface area (Å²) in [6, 6.07) is 22.7. The zero-order valence-corrected chi connectivity index (χ0v) is 16.7. The van der Waals surface area contributed by atoms with Gasteiger partial charge in [0.15, 0.2) is 0 Å². The first-order chi connectivity index (χ1) is 14.2. The maximum absolute atomic E-state index is 12.4. The second kappa shape index (κ2) is 9.07. The molecule has 1 aliphatic rings. The summed E-state index contributed by atoms with van der Waals surface area (Å²) in [5, 5.41) is 8.74. The van der Waals surface area contributed by atoms with Crippen LogP contribution in [0.2, 0.25) is 0 Å². The Kier molecular flexibility index (Phi) is 6.08. The highest BCUT2D eigenvalue weighted by molar-refractivity contribution is 5.92. The lowest BCUT2D eigenvalue weighted by Crippen LogP contribution is -2.36. The van der Waals surface area contributed by atoms with Crippen LogP contribution in [0.3, 0.4) is 0 Å². The van der Waals surface area contributed by atoms with Gasteiger partial charge < -0.3 is 20.3 Å². The minimum absolute atomic E-state index is 0.0452. The van der Waals surface area contributed by atoms with Crippen LogP contribution in [0.4, 0.5) is 11.4 Å². The predicted octanol–water partition coefficient (Wildman–Crippen LogP) is 3.97. The zero-order valence-electron chi connectivity index (χ0n) is 16.7. The topological polar surface area (TPSA) is 53.6 Å². The van der Waals surface area contributed by atoms with E-state index in [1.807, 2.05) is 36.4 Å².